The van der Waals surface area contributed by atoms with Crippen LogP contribution in [-0.4, -0.2) is 15.0 Å². The molecule has 0 saturated heterocycles. The molecule has 4 heteroatoms. The average Bonchev–Trinajstić information content (AvgIpc) is 3.62. The molecule has 0 saturated carbocycles. The van der Waals surface area contributed by atoms with E-state index >= 15 is 0 Å². The second-order valence-corrected chi connectivity index (χ2v) is 14.3. The van der Waals surface area contributed by atoms with Gasteiger partial charge in [-0.05, 0) is 68.9 Å². The Balaban J connectivity index is 1.07. The first kappa shape index (κ1) is 31.0. The lowest BCUT2D eigenvalue weighted by Gasteiger charge is -2.13. The first-order valence-electron chi connectivity index (χ1n) is 17.7. The average molecular weight is 694 g/mol. The van der Waals surface area contributed by atoms with Crippen molar-refractivity contribution in [3.05, 3.63) is 188 Å². The van der Waals surface area contributed by atoms with Gasteiger partial charge in [-0.3, -0.25) is 4.98 Å². The molecule has 53 heavy (non-hydrogen) atoms. The highest BCUT2D eigenvalue weighted by atomic mass is 32.1. The molecular formula is C49H31N3S. The van der Waals surface area contributed by atoms with Crippen LogP contribution in [0.1, 0.15) is 0 Å². The smallest absolute Gasteiger partial charge is 0.161 e. The summed E-state index contributed by atoms with van der Waals surface area (Å²) in [5, 5.41) is 5.09. The number of fused-ring (bicyclic) bond motifs is 4. The third-order valence-electron chi connectivity index (χ3n) is 10.0. The fourth-order valence-corrected chi connectivity index (χ4v) is 8.44. The Morgan fingerprint density at radius 3 is 1.74 bits per heavy atom. The van der Waals surface area contributed by atoms with Gasteiger partial charge in [-0.15, -0.1) is 11.3 Å². The lowest BCUT2D eigenvalue weighted by Crippen LogP contribution is -1.97. The van der Waals surface area contributed by atoms with Crippen molar-refractivity contribution in [2.24, 2.45) is 0 Å². The Kier molecular flexibility index (Phi) is 7.67. The van der Waals surface area contributed by atoms with Crippen LogP contribution < -0.4 is 0 Å². The van der Waals surface area contributed by atoms with Crippen LogP contribution in [0.25, 0.3) is 98.2 Å². The summed E-state index contributed by atoms with van der Waals surface area (Å²) in [6.07, 6.45) is 3.69. The van der Waals surface area contributed by atoms with Crippen molar-refractivity contribution in [1.82, 2.24) is 15.0 Å². The third-order valence-corrected chi connectivity index (χ3v) is 11.2. The number of pyridine rings is 1. The quantitative estimate of drug-likeness (QED) is 0.174. The zero-order valence-corrected chi connectivity index (χ0v) is 29.5. The summed E-state index contributed by atoms with van der Waals surface area (Å²) < 4.78 is 2.63. The van der Waals surface area contributed by atoms with E-state index in [-0.39, 0.29) is 0 Å². The van der Waals surface area contributed by atoms with Gasteiger partial charge in [-0.2, -0.15) is 0 Å². The van der Waals surface area contributed by atoms with E-state index in [0.717, 1.165) is 39.2 Å². The molecule has 0 unspecified atom stereocenters. The molecule has 0 aliphatic rings. The second-order valence-electron chi connectivity index (χ2n) is 13.2. The maximum absolute atomic E-state index is 5.23. The van der Waals surface area contributed by atoms with Crippen molar-refractivity contribution in [3.63, 3.8) is 0 Å². The van der Waals surface area contributed by atoms with E-state index in [1.165, 1.54) is 53.2 Å². The predicted octanol–water partition coefficient (Wildman–Crippen LogP) is 13.4. The van der Waals surface area contributed by atoms with E-state index in [1.807, 2.05) is 29.7 Å². The van der Waals surface area contributed by atoms with Crippen molar-refractivity contribution >= 4 is 42.3 Å². The van der Waals surface area contributed by atoms with Crippen LogP contribution in [-0.2, 0) is 0 Å². The fraction of sp³-hybridized carbons (Fsp3) is 0. The van der Waals surface area contributed by atoms with Crippen LogP contribution in [0, 0.1) is 0 Å². The molecule has 10 aromatic rings. The van der Waals surface area contributed by atoms with Gasteiger partial charge in [0.2, 0.25) is 0 Å². The fourth-order valence-electron chi connectivity index (χ4n) is 7.35. The monoisotopic (exact) mass is 693 g/mol. The zero-order valence-electron chi connectivity index (χ0n) is 28.6. The van der Waals surface area contributed by atoms with Crippen molar-refractivity contribution in [2.75, 3.05) is 0 Å². The first-order chi connectivity index (χ1) is 26.2. The number of hydrogen-bond donors (Lipinski definition) is 0. The number of nitrogens with zero attached hydrogens (tertiary/aromatic N) is 3. The molecule has 0 radical (unpaired) electrons. The number of rotatable bonds is 6. The SMILES string of the molecule is c1cncc(-c2ccccc2-c2nc(-c3ccc(-c4ccc5sc6ccccc6c5c4)cc3)cc(-c3ccc(-c4cccc5ccccc45)cc3)n2)c1. The van der Waals surface area contributed by atoms with Gasteiger partial charge in [0.25, 0.3) is 0 Å². The predicted molar refractivity (Wildman–Crippen MR) is 223 cm³/mol. The molecule has 0 aliphatic heterocycles. The maximum Gasteiger partial charge on any atom is 0.161 e. The Labute approximate surface area is 311 Å². The van der Waals surface area contributed by atoms with Gasteiger partial charge in [0, 0.05) is 54.8 Å². The topological polar surface area (TPSA) is 38.7 Å². The summed E-state index contributed by atoms with van der Waals surface area (Å²) in [6.45, 7) is 0. The molecule has 3 nitrogen and oxygen atoms in total. The normalized spacial score (nSPS) is 11.4. The molecule has 0 aliphatic carbocycles. The van der Waals surface area contributed by atoms with Gasteiger partial charge in [-0.1, -0.05) is 146 Å². The minimum absolute atomic E-state index is 0.675. The van der Waals surface area contributed by atoms with E-state index in [2.05, 4.69) is 169 Å². The lowest BCUT2D eigenvalue weighted by molar-refractivity contribution is 1.18. The Morgan fingerprint density at radius 2 is 0.962 bits per heavy atom. The number of aromatic nitrogens is 3. The van der Waals surface area contributed by atoms with Crippen molar-refractivity contribution < 1.29 is 0 Å². The van der Waals surface area contributed by atoms with Gasteiger partial charge in [0.1, 0.15) is 0 Å². The molecule has 0 fully saturated rings. The Bertz CT molecular complexity index is 2920. The molecule has 10 rings (SSSR count). The highest BCUT2D eigenvalue weighted by Gasteiger charge is 2.16. The van der Waals surface area contributed by atoms with E-state index in [9.17, 15) is 0 Å². The lowest BCUT2D eigenvalue weighted by atomic mass is 9.96. The molecule has 0 N–H and O–H groups in total. The number of thiophene rings is 1. The summed E-state index contributed by atoms with van der Waals surface area (Å²) in [5.74, 6) is 0.675. The summed E-state index contributed by atoms with van der Waals surface area (Å²) in [4.78, 5) is 14.8. The van der Waals surface area contributed by atoms with Crippen molar-refractivity contribution in [1.29, 1.82) is 0 Å². The minimum Gasteiger partial charge on any atom is -0.264 e. The summed E-state index contributed by atoms with van der Waals surface area (Å²) in [7, 11) is 0. The molecule has 3 heterocycles. The van der Waals surface area contributed by atoms with Crippen molar-refractivity contribution in [2.45, 2.75) is 0 Å². The van der Waals surface area contributed by atoms with Gasteiger partial charge < -0.3 is 0 Å². The van der Waals surface area contributed by atoms with Gasteiger partial charge in [-0.25, -0.2) is 9.97 Å². The molecule has 0 amide bonds. The molecule has 3 aromatic heterocycles. The third kappa shape index (κ3) is 5.76. The zero-order chi connectivity index (χ0) is 35.1. The van der Waals surface area contributed by atoms with Crippen LogP contribution in [0.2, 0.25) is 0 Å². The van der Waals surface area contributed by atoms with Crippen LogP contribution >= 0.6 is 11.3 Å². The Hall–Kier alpha value is -6.75. The minimum atomic E-state index is 0.675. The van der Waals surface area contributed by atoms with Crippen LogP contribution in [0.5, 0.6) is 0 Å². The van der Waals surface area contributed by atoms with Gasteiger partial charge in [0.05, 0.1) is 11.4 Å². The highest BCUT2D eigenvalue weighted by molar-refractivity contribution is 7.25. The molecule has 0 bridgehead atoms. The number of benzene rings is 7. The highest BCUT2D eigenvalue weighted by Crippen LogP contribution is 2.38. The maximum atomic E-state index is 5.23. The molecule has 7 aromatic carbocycles. The van der Waals surface area contributed by atoms with E-state index in [4.69, 9.17) is 9.97 Å². The van der Waals surface area contributed by atoms with E-state index in [1.54, 1.807) is 6.20 Å². The van der Waals surface area contributed by atoms with E-state index < -0.39 is 0 Å². The second kappa shape index (κ2) is 13.1. The largest absolute Gasteiger partial charge is 0.264 e. The van der Waals surface area contributed by atoms with Crippen LogP contribution in [0.3, 0.4) is 0 Å². The Morgan fingerprint density at radius 1 is 0.358 bits per heavy atom. The first-order valence-corrected chi connectivity index (χ1v) is 18.6. The van der Waals surface area contributed by atoms with Gasteiger partial charge in [0.15, 0.2) is 5.82 Å². The van der Waals surface area contributed by atoms with Crippen LogP contribution in [0.4, 0.5) is 0 Å². The molecule has 248 valence electrons. The standard InChI is InChI=1S/C49H31N3S/c1-2-12-39-33(9-1)10-7-16-40(39)34-20-24-36(25-21-34)46-30-45(51-49(52-46)43-15-4-3-13-41(43)38-11-8-28-50-31-38)35-22-18-32(19-23-35)37-26-27-48-44(29-37)42-14-5-6-17-47(42)53-48/h1-31H. The summed E-state index contributed by atoms with van der Waals surface area (Å²) >= 11 is 1.85. The van der Waals surface area contributed by atoms with Gasteiger partial charge >= 0.3 is 0 Å². The molecular weight excluding hydrogens is 663 g/mol. The molecule has 0 atom stereocenters. The van der Waals surface area contributed by atoms with Crippen molar-refractivity contribution in [3.8, 4) is 67.3 Å². The summed E-state index contributed by atoms with van der Waals surface area (Å²) in [5.41, 5.74) is 11.6. The molecule has 0 spiro atoms. The number of hydrogen-bond acceptors (Lipinski definition) is 4. The van der Waals surface area contributed by atoms with Crippen LogP contribution in [0.15, 0.2) is 188 Å². The summed E-state index contributed by atoms with van der Waals surface area (Å²) in [6, 6.07) is 62.5. The van der Waals surface area contributed by atoms with E-state index in [0.29, 0.717) is 5.82 Å².